The monoisotopic (exact) mass is 384 g/mol. The number of nitrogens with zero attached hydrogens (tertiary/aromatic N) is 3. The average molecular weight is 385 g/mol. The van der Waals surface area contributed by atoms with E-state index < -0.39 is 5.41 Å². The molecule has 6 heteroatoms. The quantitative estimate of drug-likeness (QED) is 0.838. The fourth-order valence-corrected chi connectivity index (χ4v) is 4.41. The topological polar surface area (TPSA) is 58.1 Å². The van der Waals surface area contributed by atoms with Gasteiger partial charge in [-0.05, 0) is 49.8 Å². The molecule has 0 unspecified atom stereocenters. The number of aromatic nitrogens is 2. The van der Waals surface area contributed by atoms with E-state index in [0.717, 1.165) is 50.3 Å². The number of benzene rings is 1. The van der Waals surface area contributed by atoms with Crippen molar-refractivity contribution < 1.29 is 4.79 Å². The molecule has 142 valence electrons. The highest BCUT2D eigenvalue weighted by Crippen LogP contribution is 2.42. The van der Waals surface area contributed by atoms with Gasteiger partial charge in [-0.25, -0.2) is 9.97 Å². The number of amides is 1. The van der Waals surface area contributed by atoms with Crippen molar-refractivity contribution in [1.29, 1.82) is 0 Å². The van der Waals surface area contributed by atoms with Crippen LogP contribution in [0.5, 0.6) is 0 Å². The van der Waals surface area contributed by atoms with E-state index in [1.807, 2.05) is 24.3 Å². The van der Waals surface area contributed by atoms with Gasteiger partial charge in [0.2, 0.25) is 11.9 Å². The summed E-state index contributed by atoms with van der Waals surface area (Å²) in [4.78, 5) is 24.4. The van der Waals surface area contributed by atoms with Crippen LogP contribution in [0.4, 0.5) is 11.6 Å². The van der Waals surface area contributed by atoms with E-state index >= 15 is 0 Å². The summed E-state index contributed by atoms with van der Waals surface area (Å²) in [5, 5.41) is 3.74. The lowest BCUT2D eigenvalue weighted by atomic mass is 9.78. The lowest BCUT2D eigenvalue weighted by Crippen LogP contribution is -2.38. The van der Waals surface area contributed by atoms with E-state index in [0.29, 0.717) is 10.7 Å². The third kappa shape index (κ3) is 3.79. The highest BCUT2D eigenvalue weighted by molar-refractivity contribution is 6.30. The second kappa shape index (κ2) is 7.85. The number of halogens is 1. The van der Waals surface area contributed by atoms with Gasteiger partial charge in [-0.1, -0.05) is 36.6 Å². The molecule has 0 atom stereocenters. The van der Waals surface area contributed by atoms with Gasteiger partial charge in [0.25, 0.3) is 0 Å². The molecule has 2 aliphatic rings. The maximum atomic E-state index is 13.2. The summed E-state index contributed by atoms with van der Waals surface area (Å²) in [7, 11) is 0. The number of piperidine rings is 1. The van der Waals surface area contributed by atoms with Crippen LogP contribution in [0.15, 0.2) is 36.7 Å². The number of carbonyl (C=O) groups is 1. The number of rotatable bonds is 4. The van der Waals surface area contributed by atoms with Gasteiger partial charge in [-0.15, -0.1) is 0 Å². The Hall–Kier alpha value is -2.14. The zero-order chi connectivity index (χ0) is 18.7. The van der Waals surface area contributed by atoms with E-state index in [1.54, 1.807) is 12.4 Å². The fourth-order valence-electron chi connectivity index (χ4n) is 4.29. The molecule has 5 nitrogen and oxygen atoms in total. The summed E-state index contributed by atoms with van der Waals surface area (Å²) in [6.07, 6.45) is 10.9. The first-order valence-electron chi connectivity index (χ1n) is 9.82. The number of hydrogen-bond acceptors (Lipinski definition) is 4. The van der Waals surface area contributed by atoms with Crippen LogP contribution in [0.2, 0.25) is 5.02 Å². The summed E-state index contributed by atoms with van der Waals surface area (Å²) in [6, 6.07) is 7.67. The maximum absolute atomic E-state index is 13.2. The Morgan fingerprint density at radius 3 is 2.22 bits per heavy atom. The van der Waals surface area contributed by atoms with E-state index in [4.69, 9.17) is 11.6 Å². The summed E-state index contributed by atoms with van der Waals surface area (Å²) in [6.45, 7) is 2.01. The standard InChI is InChI=1S/C21H25ClN4O/c22-17-8-6-16(7-9-17)21(10-2-3-11-21)19(27)25-18-14-23-20(24-15-18)26-12-4-1-5-13-26/h6-9,14-15H,1-5,10-13H2,(H,25,27). The van der Waals surface area contributed by atoms with Crippen molar-refractivity contribution in [3.05, 3.63) is 47.2 Å². The van der Waals surface area contributed by atoms with Gasteiger partial charge in [-0.2, -0.15) is 0 Å². The second-order valence-corrected chi connectivity index (χ2v) is 8.01. The molecule has 1 aromatic carbocycles. The fraction of sp³-hybridized carbons (Fsp3) is 0.476. The second-order valence-electron chi connectivity index (χ2n) is 7.57. The molecule has 27 heavy (non-hydrogen) atoms. The van der Waals surface area contributed by atoms with Crippen molar-refractivity contribution in [3.8, 4) is 0 Å². The van der Waals surface area contributed by atoms with E-state index in [-0.39, 0.29) is 5.91 Å². The van der Waals surface area contributed by atoms with E-state index in [9.17, 15) is 4.79 Å². The van der Waals surface area contributed by atoms with Crippen LogP contribution in [0.3, 0.4) is 0 Å². The van der Waals surface area contributed by atoms with Crippen LogP contribution in [0.25, 0.3) is 0 Å². The van der Waals surface area contributed by atoms with Crippen LogP contribution in [0, 0.1) is 0 Å². The minimum Gasteiger partial charge on any atom is -0.341 e. The predicted octanol–water partition coefficient (Wildman–Crippen LogP) is 4.57. The Bertz CT molecular complexity index is 779. The molecule has 0 spiro atoms. The molecule has 2 heterocycles. The summed E-state index contributed by atoms with van der Waals surface area (Å²) in [5.41, 5.74) is 1.20. The van der Waals surface area contributed by atoms with Crippen molar-refractivity contribution in [2.45, 2.75) is 50.4 Å². The van der Waals surface area contributed by atoms with Gasteiger partial charge in [-0.3, -0.25) is 4.79 Å². The van der Waals surface area contributed by atoms with Gasteiger partial charge in [0.1, 0.15) is 0 Å². The first-order chi connectivity index (χ1) is 13.2. The molecule has 1 saturated carbocycles. The zero-order valence-electron chi connectivity index (χ0n) is 15.5. The Balaban J connectivity index is 1.50. The van der Waals surface area contributed by atoms with Crippen molar-refractivity contribution in [2.75, 3.05) is 23.3 Å². The van der Waals surface area contributed by atoms with Gasteiger partial charge in [0.15, 0.2) is 0 Å². The third-order valence-electron chi connectivity index (χ3n) is 5.82. The molecule has 1 aliphatic heterocycles. The largest absolute Gasteiger partial charge is 0.341 e. The highest BCUT2D eigenvalue weighted by Gasteiger charge is 2.42. The lowest BCUT2D eigenvalue weighted by Gasteiger charge is -2.29. The van der Waals surface area contributed by atoms with Crippen molar-refractivity contribution in [3.63, 3.8) is 0 Å². The van der Waals surface area contributed by atoms with Crippen LogP contribution < -0.4 is 10.2 Å². The third-order valence-corrected chi connectivity index (χ3v) is 6.08. The smallest absolute Gasteiger partial charge is 0.235 e. The van der Waals surface area contributed by atoms with Crippen LogP contribution >= 0.6 is 11.6 Å². The molecule has 1 amide bonds. The van der Waals surface area contributed by atoms with Gasteiger partial charge in [0.05, 0.1) is 23.5 Å². The number of hydrogen-bond donors (Lipinski definition) is 1. The van der Waals surface area contributed by atoms with E-state index in [1.165, 1.54) is 19.3 Å². The molecular weight excluding hydrogens is 360 g/mol. The van der Waals surface area contributed by atoms with Crippen LogP contribution in [-0.4, -0.2) is 29.0 Å². The molecule has 1 aliphatic carbocycles. The minimum atomic E-state index is -0.490. The SMILES string of the molecule is O=C(Nc1cnc(N2CCCCC2)nc1)C1(c2ccc(Cl)cc2)CCCC1. The maximum Gasteiger partial charge on any atom is 0.235 e. The summed E-state index contributed by atoms with van der Waals surface area (Å²) >= 11 is 6.03. The van der Waals surface area contributed by atoms with Crippen molar-refractivity contribution >= 4 is 29.1 Å². The molecule has 0 bridgehead atoms. The molecule has 2 aromatic rings. The number of anilines is 2. The lowest BCUT2D eigenvalue weighted by molar-refractivity contribution is -0.121. The molecular formula is C21H25ClN4O. The Morgan fingerprint density at radius 1 is 0.963 bits per heavy atom. The average Bonchev–Trinajstić information content (AvgIpc) is 3.21. The Kier molecular flexibility index (Phi) is 5.30. The van der Waals surface area contributed by atoms with Gasteiger partial charge >= 0.3 is 0 Å². The van der Waals surface area contributed by atoms with Crippen molar-refractivity contribution in [2.24, 2.45) is 0 Å². The summed E-state index contributed by atoms with van der Waals surface area (Å²) in [5.74, 6) is 0.776. The van der Waals surface area contributed by atoms with Crippen LogP contribution in [0.1, 0.15) is 50.5 Å². The van der Waals surface area contributed by atoms with Crippen LogP contribution in [-0.2, 0) is 10.2 Å². The zero-order valence-corrected chi connectivity index (χ0v) is 16.2. The Morgan fingerprint density at radius 2 is 1.59 bits per heavy atom. The molecule has 0 radical (unpaired) electrons. The first-order valence-corrected chi connectivity index (χ1v) is 10.2. The normalized spacial score (nSPS) is 19.1. The Labute approximate surface area is 165 Å². The van der Waals surface area contributed by atoms with Gasteiger partial charge < -0.3 is 10.2 Å². The number of nitrogens with one attached hydrogen (secondary N) is 1. The molecule has 1 saturated heterocycles. The number of carbonyl (C=O) groups excluding carboxylic acids is 1. The molecule has 1 aromatic heterocycles. The van der Waals surface area contributed by atoms with Crippen molar-refractivity contribution in [1.82, 2.24) is 9.97 Å². The van der Waals surface area contributed by atoms with Gasteiger partial charge in [0, 0.05) is 18.1 Å². The minimum absolute atomic E-state index is 0.0247. The molecule has 1 N–H and O–H groups in total. The first kappa shape index (κ1) is 18.2. The predicted molar refractivity (Wildman–Crippen MR) is 108 cm³/mol. The molecule has 2 fully saturated rings. The van der Waals surface area contributed by atoms with E-state index in [2.05, 4.69) is 20.2 Å². The highest BCUT2D eigenvalue weighted by atomic mass is 35.5. The molecule has 4 rings (SSSR count). The summed E-state index contributed by atoms with van der Waals surface area (Å²) < 4.78 is 0.